The third kappa shape index (κ3) is 5.90. The van der Waals surface area contributed by atoms with Gasteiger partial charge in [0.2, 0.25) is 11.8 Å². The number of nitrogens with one attached hydrogen (secondary N) is 1. The van der Waals surface area contributed by atoms with E-state index in [1.165, 1.54) is 23.1 Å². The molecule has 3 N–H and O–H groups in total. The Bertz CT molecular complexity index is 2340. The van der Waals surface area contributed by atoms with Crippen LogP contribution in [0.25, 0.3) is 0 Å². The molecule has 15 heteroatoms. The van der Waals surface area contributed by atoms with Crippen molar-refractivity contribution in [1.29, 1.82) is 0 Å². The van der Waals surface area contributed by atoms with Gasteiger partial charge in [-0.2, -0.15) is 18.2 Å². The van der Waals surface area contributed by atoms with E-state index in [0.29, 0.717) is 46.0 Å². The number of carbonyl (C=O) groups is 4. The Labute approximate surface area is 328 Å². The van der Waals surface area contributed by atoms with Crippen molar-refractivity contribution < 1.29 is 42.6 Å². The van der Waals surface area contributed by atoms with E-state index in [2.05, 4.69) is 10.4 Å². The molecule has 3 aromatic carbocycles. The Morgan fingerprint density at radius 3 is 2.29 bits per heavy atom. The molecule has 6 atom stereocenters. The lowest BCUT2D eigenvalue weighted by molar-refractivity contribution is -0.141. The summed E-state index contributed by atoms with van der Waals surface area (Å²) in [5, 5.41) is 20.9. The van der Waals surface area contributed by atoms with Crippen molar-refractivity contribution in [3.8, 4) is 11.5 Å². The number of phenolic OH excluding ortho intramolecular Hbond substituents is 2. The molecule has 0 spiro atoms. The first-order valence-corrected chi connectivity index (χ1v) is 18.6. The van der Waals surface area contributed by atoms with E-state index in [0.717, 1.165) is 10.6 Å². The van der Waals surface area contributed by atoms with Crippen LogP contribution in [0, 0.1) is 30.6 Å². The standard InChI is InChI=1S/C41H33Cl2F3N4O6/c1-20-16-22(4-13-32(20)52)34-27-11-12-28-33(38(55)49(36(28)53)15-14-21-2-9-26(51)10-3-21)29(27)18-30-37(54)50(39(56)40(30,34)23-5-7-25(42)8-6-23)48-35-31(43)17-24(19-47-35)41(44,45)46/h2-11,13,16-17,19,28-30,33-34,51-52H,12,14-15,18H2,1H3,(H,47,48). The van der Waals surface area contributed by atoms with E-state index in [1.807, 2.05) is 6.08 Å². The molecule has 6 unspecified atom stereocenters. The second kappa shape index (κ2) is 13.7. The monoisotopic (exact) mass is 804 g/mol. The molecular formula is C41H33Cl2F3N4O6. The quantitative estimate of drug-likeness (QED) is 0.130. The van der Waals surface area contributed by atoms with Gasteiger partial charge in [0.1, 0.15) is 11.5 Å². The number of nitrogens with zero attached hydrogens (tertiary/aromatic N) is 3. The van der Waals surface area contributed by atoms with Crippen LogP contribution in [0.2, 0.25) is 10.0 Å². The van der Waals surface area contributed by atoms with Gasteiger partial charge in [-0.05, 0) is 90.8 Å². The van der Waals surface area contributed by atoms with Gasteiger partial charge >= 0.3 is 6.18 Å². The molecule has 0 bridgehead atoms. The highest BCUT2D eigenvalue weighted by atomic mass is 35.5. The third-order valence-electron chi connectivity index (χ3n) is 11.8. The minimum atomic E-state index is -4.75. The number of benzene rings is 3. The van der Waals surface area contributed by atoms with Crippen molar-refractivity contribution in [2.24, 2.45) is 23.7 Å². The Morgan fingerprint density at radius 1 is 0.911 bits per heavy atom. The summed E-state index contributed by atoms with van der Waals surface area (Å²) in [4.78, 5) is 63.5. The number of hydrogen-bond donors (Lipinski definition) is 3. The van der Waals surface area contributed by atoms with Crippen LogP contribution in [-0.2, 0) is 37.2 Å². The lowest BCUT2D eigenvalue weighted by Crippen LogP contribution is -2.53. The maximum Gasteiger partial charge on any atom is 0.417 e. The number of alkyl halides is 3. The Balaban J connectivity index is 1.25. The van der Waals surface area contributed by atoms with Crippen LogP contribution in [0.3, 0.4) is 0 Å². The number of aromatic nitrogens is 1. The number of carbonyl (C=O) groups excluding carboxylic acids is 4. The van der Waals surface area contributed by atoms with Crippen molar-refractivity contribution in [3.63, 3.8) is 0 Å². The summed E-state index contributed by atoms with van der Waals surface area (Å²) in [5.41, 5.74) is 2.76. The van der Waals surface area contributed by atoms with E-state index in [-0.39, 0.29) is 48.5 Å². The van der Waals surface area contributed by atoms with Gasteiger partial charge in [0, 0.05) is 23.7 Å². The fourth-order valence-electron chi connectivity index (χ4n) is 9.21. The molecule has 4 aliphatic rings. The van der Waals surface area contributed by atoms with Crippen molar-refractivity contribution in [3.05, 3.63) is 129 Å². The molecule has 3 fully saturated rings. The van der Waals surface area contributed by atoms with E-state index in [1.54, 1.807) is 55.5 Å². The number of halogens is 5. The smallest absolute Gasteiger partial charge is 0.417 e. The van der Waals surface area contributed by atoms with Gasteiger partial charge in [-0.3, -0.25) is 29.5 Å². The van der Waals surface area contributed by atoms with Gasteiger partial charge in [-0.15, -0.1) is 0 Å². The molecule has 4 amide bonds. The second-order valence-electron chi connectivity index (χ2n) is 14.7. The Morgan fingerprint density at radius 2 is 1.62 bits per heavy atom. The first-order valence-electron chi connectivity index (χ1n) is 17.9. The molecule has 2 saturated heterocycles. The van der Waals surface area contributed by atoms with E-state index in [9.17, 15) is 37.8 Å². The number of hydrazine groups is 1. The first-order chi connectivity index (χ1) is 26.6. The molecular weight excluding hydrogens is 772 g/mol. The van der Waals surface area contributed by atoms with Crippen LogP contribution in [0.1, 0.15) is 46.6 Å². The van der Waals surface area contributed by atoms with Crippen LogP contribution in [-0.4, -0.2) is 55.3 Å². The van der Waals surface area contributed by atoms with Gasteiger partial charge < -0.3 is 10.2 Å². The number of anilines is 1. The maximum absolute atomic E-state index is 15.3. The van der Waals surface area contributed by atoms with Gasteiger partial charge in [0.25, 0.3) is 11.8 Å². The van der Waals surface area contributed by atoms with E-state index in [4.69, 9.17) is 23.2 Å². The highest BCUT2D eigenvalue weighted by Crippen LogP contribution is 2.64. The predicted octanol–water partition coefficient (Wildman–Crippen LogP) is 7.35. The van der Waals surface area contributed by atoms with Crippen LogP contribution in [0.4, 0.5) is 19.0 Å². The third-order valence-corrected chi connectivity index (χ3v) is 12.3. The largest absolute Gasteiger partial charge is 0.508 e. The van der Waals surface area contributed by atoms with Crippen molar-refractivity contribution in [1.82, 2.24) is 14.9 Å². The number of aryl methyl sites for hydroxylation is 1. The van der Waals surface area contributed by atoms with Gasteiger partial charge in [0.05, 0.1) is 33.8 Å². The van der Waals surface area contributed by atoms with Crippen LogP contribution < -0.4 is 5.43 Å². The topological polar surface area (TPSA) is 140 Å². The number of pyridine rings is 1. The molecule has 288 valence electrons. The molecule has 0 radical (unpaired) electrons. The van der Waals surface area contributed by atoms with Gasteiger partial charge in [-0.1, -0.05) is 71.2 Å². The normalized spacial score (nSPS) is 25.9. The highest BCUT2D eigenvalue weighted by Gasteiger charge is 2.70. The number of hydrogen-bond acceptors (Lipinski definition) is 8. The molecule has 10 nitrogen and oxygen atoms in total. The number of aromatic hydroxyl groups is 2. The van der Waals surface area contributed by atoms with E-state index < -0.39 is 63.6 Å². The van der Waals surface area contributed by atoms with Crippen LogP contribution in [0.5, 0.6) is 11.5 Å². The number of amides is 4. The number of phenols is 2. The maximum atomic E-state index is 15.3. The summed E-state index contributed by atoms with van der Waals surface area (Å²) in [6, 6.07) is 18.5. The summed E-state index contributed by atoms with van der Waals surface area (Å²) >= 11 is 12.6. The van der Waals surface area contributed by atoms with E-state index >= 15 is 4.79 Å². The molecule has 8 rings (SSSR count). The van der Waals surface area contributed by atoms with Crippen molar-refractivity contribution in [2.75, 3.05) is 12.0 Å². The molecule has 3 heterocycles. The lowest BCUT2D eigenvalue weighted by atomic mass is 9.49. The Kier molecular flexibility index (Phi) is 9.15. The summed E-state index contributed by atoms with van der Waals surface area (Å²) in [6.45, 7) is 1.79. The molecule has 1 saturated carbocycles. The minimum absolute atomic E-state index is 0.00290. The predicted molar refractivity (Wildman–Crippen MR) is 198 cm³/mol. The lowest BCUT2D eigenvalue weighted by Gasteiger charge is -2.50. The summed E-state index contributed by atoms with van der Waals surface area (Å²) < 4.78 is 40.4. The second-order valence-corrected chi connectivity index (χ2v) is 15.6. The number of likely N-dealkylation sites (tertiary alicyclic amines) is 1. The zero-order valence-corrected chi connectivity index (χ0v) is 31.1. The van der Waals surface area contributed by atoms with Gasteiger partial charge in [0.15, 0.2) is 5.82 Å². The average Bonchev–Trinajstić information content (AvgIpc) is 3.53. The van der Waals surface area contributed by atoms with Crippen molar-refractivity contribution >= 4 is 52.6 Å². The first kappa shape index (κ1) is 37.5. The minimum Gasteiger partial charge on any atom is -0.508 e. The molecule has 56 heavy (non-hydrogen) atoms. The molecule has 4 aromatic rings. The summed E-state index contributed by atoms with van der Waals surface area (Å²) in [7, 11) is 0. The summed E-state index contributed by atoms with van der Waals surface area (Å²) in [6.07, 6.45) is -1.79. The number of allylic oxidation sites excluding steroid dienone is 2. The Hall–Kier alpha value is -5.40. The zero-order valence-electron chi connectivity index (χ0n) is 29.6. The summed E-state index contributed by atoms with van der Waals surface area (Å²) in [5.74, 6) is -6.77. The number of rotatable bonds is 7. The zero-order chi connectivity index (χ0) is 39.8. The van der Waals surface area contributed by atoms with Crippen LogP contribution >= 0.6 is 23.2 Å². The van der Waals surface area contributed by atoms with Crippen LogP contribution in [0.15, 0.2) is 90.6 Å². The molecule has 2 aliphatic carbocycles. The molecule has 2 aliphatic heterocycles. The van der Waals surface area contributed by atoms with Gasteiger partial charge in [-0.25, -0.2) is 4.98 Å². The number of imide groups is 2. The SMILES string of the molecule is Cc1cc(C2C3=CCC4C(=O)N(CCc5ccc(O)cc5)C(=O)C4C3CC3C(=O)N(Nc4ncc(C(F)(F)F)cc4Cl)C(=O)C32c2ccc(Cl)cc2)ccc1O. The fraction of sp³-hybridized carbons (Fsp3) is 0.293. The average molecular weight is 806 g/mol. The highest BCUT2D eigenvalue weighted by molar-refractivity contribution is 6.33. The molecule has 1 aromatic heterocycles. The fourth-order valence-corrected chi connectivity index (χ4v) is 9.54. The number of fused-ring (bicyclic) bond motifs is 4. The van der Waals surface area contributed by atoms with Crippen molar-refractivity contribution in [2.45, 2.75) is 43.7 Å².